The van der Waals surface area contributed by atoms with Crippen LogP contribution in [0.1, 0.15) is 45.6 Å². The Labute approximate surface area is 129 Å². The second-order valence-corrected chi connectivity index (χ2v) is 6.93. The summed E-state index contributed by atoms with van der Waals surface area (Å²) >= 11 is 0. The number of rotatable bonds is 7. The quantitative estimate of drug-likeness (QED) is 0.784. The number of aryl methyl sites for hydroxylation is 1. The largest absolute Gasteiger partial charge is 0.346 e. The van der Waals surface area contributed by atoms with Gasteiger partial charge in [-0.1, -0.05) is 51.1 Å². The Morgan fingerprint density at radius 1 is 1.19 bits per heavy atom. The Hall–Kier alpha value is -1.35. The molecule has 0 aliphatic rings. The van der Waals surface area contributed by atoms with Crippen molar-refractivity contribution >= 4 is 5.91 Å². The molecule has 1 rings (SSSR count). The van der Waals surface area contributed by atoms with Crippen molar-refractivity contribution in [2.75, 3.05) is 13.6 Å². The lowest BCUT2D eigenvalue weighted by Crippen LogP contribution is -2.40. The molecule has 0 aromatic heterocycles. The molecule has 0 heterocycles. The van der Waals surface area contributed by atoms with Gasteiger partial charge in [-0.15, -0.1) is 0 Å². The third-order valence-corrected chi connectivity index (χ3v) is 3.98. The second kappa shape index (κ2) is 8.18. The zero-order valence-corrected chi connectivity index (χ0v) is 13.9. The molecule has 2 N–H and O–H groups in total. The molecule has 0 saturated heterocycles. The van der Waals surface area contributed by atoms with Crippen molar-refractivity contribution in [2.45, 2.75) is 52.5 Å². The number of unbranched alkanes of at least 4 members (excludes halogenated alkanes) is 1. The summed E-state index contributed by atoms with van der Waals surface area (Å²) < 4.78 is 0. The van der Waals surface area contributed by atoms with Crippen LogP contribution < -0.4 is 5.73 Å². The zero-order chi connectivity index (χ0) is 15.9. The van der Waals surface area contributed by atoms with Crippen molar-refractivity contribution in [3.8, 4) is 0 Å². The third kappa shape index (κ3) is 6.76. The average molecular weight is 290 g/mol. The molecule has 0 bridgehead atoms. The predicted molar refractivity (Wildman–Crippen MR) is 89.1 cm³/mol. The summed E-state index contributed by atoms with van der Waals surface area (Å²) in [4.78, 5) is 13.9. The molecule has 3 nitrogen and oxygen atoms in total. The highest BCUT2D eigenvalue weighted by Gasteiger charge is 2.24. The standard InChI is InChI=1S/C18H30N2O/c1-18(2,3)16(19)14-17(21)20(4)13-9-8-12-15-10-6-5-7-11-15/h5-7,10-11,16H,8-9,12-14,19H2,1-4H3. The number of carbonyl (C=O) groups is 1. The van der Waals surface area contributed by atoms with E-state index in [0.717, 1.165) is 25.8 Å². The Bertz CT molecular complexity index is 423. The Kier molecular flexibility index (Phi) is 6.90. The highest BCUT2D eigenvalue weighted by Crippen LogP contribution is 2.20. The van der Waals surface area contributed by atoms with E-state index in [0.29, 0.717) is 6.42 Å². The van der Waals surface area contributed by atoms with Gasteiger partial charge in [0, 0.05) is 26.1 Å². The predicted octanol–water partition coefficient (Wildman–Crippen LogP) is 3.23. The number of hydrogen-bond donors (Lipinski definition) is 1. The minimum atomic E-state index is -0.0863. The van der Waals surface area contributed by atoms with Gasteiger partial charge < -0.3 is 10.6 Å². The van der Waals surface area contributed by atoms with Crippen molar-refractivity contribution in [1.82, 2.24) is 4.90 Å². The zero-order valence-electron chi connectivity index (χ0n) is 13.9. The summed E-state index contributed by atoms with van der Waals surface area (Å²) in [5, 5.41) is 0. The summed E-state index contributed by atoms with van der Waals surface area (Å²) in [7, 11) is 1.88. The van der Waals surface area contributed by atoms with Crippen molar-refractivity contribution in [1.29, 1.82) is 0 Å². The first-order valence-electron chi connectivity index (χ1n) is 7.84. The van der Waals surface area contributed by atoms with E-state index in [1.54, 1.807) is 0 Å². The van der Waals surface area contributed by atoms with Gasteiger partial charge in [0.2, 0.25) is 5.91 Å². The van der Waals surface area contributed by atoms with E-state index in [-0.39, 0.29) is 17.4 Å². The molecule has 1 atom stereocenters. The first-order valence-corrected chi connectivity index (χ1v) is 7.84. The van der Waals surface area contributed by atoms with Crippen molar-refractivity contribution < 1.29 is 4.79 Å². The van der Waals surface area contributed by atoms with Gasteiger partial charge in [0.05, 0.1) is 0 Å². The maximum atomic E-state index is 12.1. The summed E-state index contributed by atoms with van der Waals surface area (Å²) in [6.07, 6.45) is 3.64. The maximum absolute atomic E-state index is 12.1. The monoisotopic (exact) mass is 290 g/mol. The van der Waals surface area contributed by atoms with Gasteiger partial charge in [-0.05, 0) is 30.2 Å². The Morgan fingerprint density at radius 2 is 1.81 bits per heavy atom. The van der Waals surface area contributed by atoms with Crippen molar-refractivity contribution in [2.24, 2.45) is 11.1 Å². The lowest BCUT2D eigenvalue weighted by Gasteiger charge is -2.28. The molecular weight excluding hydrogens is 260 g/mol. The van der Waals surface area contributed by atoms with Crippen LogP contribution in [-0.4, -0.2) is 30.4 Å². The smallest absolute Gasteiger partial charge is 0.223 e. The van der Waals surface area contributed by atoms with Gasteiger partial charge in [0.25, 0.3) is 0 Å². The molecule has 0 fully saturated rings. The van der Waals surface area contributed by atoms with Crippen LogP contribution in [0.25, 0.3) is 0 Å². The lowest BCUT2D eigenvalue weighted by molar-refractivity contribution is -0.130. The van der Waals surface area contributed by atoms with E-state index < -0.39 is 0 Å². The number of amides is 1. The van der Waals surface area contributed by atoms with E-state index >= 15 is 0 Å². The minimum absolute atomic E-state index is 0.0240. The number of benzene rings is 1. The second-order valence-electron chi connectivity index (χ2n) is 6.93. The summed E-state index contributed by atoms with van der Waals surface area (Å²) in [6.45, 7) is 7.03. The van der Waals surface area contributed by atoms with Gasteiger partial charge in [-0.2, -0.15) is 0 Å². The molecule has 1 amide bonds. The van der Waals surface area contributed by atoms with Crippen LogP contribution in [-0.2, 0) is 11.2 Å². The molecule has 1 aromatic carbocycles. The molecule has 3 heteroatoms. The highest BCUT2D eigenvalue weighted by atomic mass is 16.2. The fraction of sp³-hybridized carbons (Fsp3) is 0.611. The third-order valence-electron chi connectivity index (χ3n) is 3.98. The van der Waals surface area contributed by atoms with E-state index in [1.807, 2.05) is 18.0 Å². The summed E-state index contributed by atoms with van der Waals surface area (Å²) in [6, 6.07) is 10.4. The van der Waals surface area contributed by atoms with Crippen LogP contribution in [0.15, 0.2) is 30.3 Å². The topological polar surface area (TPSA) is 46.3 Å². The Morgan fingerprint density at radius 3 is 2.38 bits per heavy atom. The first-order chi connectivity index (χ1) is 9.80. The molecule has 21 heavy (non-hydrogen) atoms. The molecule has 0 aliphatic carbocycles. The van der Waals surface area contributed by atoms with Gasteiger partial charge in [-0.25, -0.2) is 0 Å². The van der Waals surface area contributed by atoms with Crippen LogP contribution in [0.5, 0.6) is 0 Å². The molecule has 0 aliphatic heterocycles. The molecule has 1 unspecified atom stereocenters. The van der Waals surface area contributed by atoms with Crippen LogP contribution in [0.4, 0.5) is 0 Å². The minimum Gasteiger partial charge on any atom is -0.346 e. The van der Waals surface area contributed by atoms with Gasteiger partial charge in [0.15, 0.2) is 0 Å². The SMILES string of the molecule is CN(CCCCc1ccccc1)C(=O)CC(N)C(C)(C)C. The van der Waals surface area contributed by atoms with Crippen LogP contribution >= 0.6 is 0 Å². The van der Waals surface area contributed by atoms with Crippen LogP contribution in [0, 0.1) is 5.41 Å². The maximum Gasteiger partial charge on any atom is 0.223 e. The fourth-order valence-corrected chi connectivity index (χ4v) is 2.10. The first kappa shape index (κ1) is 17.7. The molecule has 0 radical (unpaired) electrons. The molecule has 0 saturated carbocycles. The molecule has 118 valence electrons. The Balaban J connectivity index is 2.24. The van der Waals surface area contributed by atoms with Gasteiger partial charge in [0.1, 0.15) is 0 Å². The number of nitrogens with two attached hydrogens (primary N) is 1. The fourth-order valence-electron chi connectivity index (χ4n) is 2.10. The van der Waals surface area contributed by atoms with E-state index in [1.165, 1.54) is 5.56 Å². The number of carbonyl (C=O) groups excluding carboxylic acids is 1. The molecular formula is C18H30N2O. The highest BCUT2D eigenvalue weighted by molar-refractivity contribution is 5.76. The normalized spacial score (nSPS) is 13.0. The number of nitrogens with zero attached hydrogens (tertiary/aromatic N) is 1. The average Bonchev–Trinajstić information content (AvgIpc) is 2.43. The van der Waals surface area contributed by atoms with Gasteiger partial charge >= 0.3 is 0 Å². The van der Waals surface area contributed by atoms with Crippen LogP contribution in [0.2, 0.25) is 0 Å². The van der Waals surface area contributed by atoms with E-state index in [4.69, 9.17) is 5.73 Å². The van der Waals surface area contributed by atoms with Crippen LogP contribution in [0.3, 0.4) is 0 Å². The summed E-state index contributed by atoms with van der Waals surface area (Å²) in [5.74, 6) is 0.150. The van der Waals surface area contributed by atoms with E-state index in [9.17, 15) is 4.79 Å². The molecule has 0 spiro atoms. The van der Waals surface area contributed by atoms with Gasteiger partial charge in [-0.3, -0.25) is 4.79 Å². The van der Waals surface area contributed by atoms with Crippen molar-refractivity contribution in [3.63, 3.8) is 0 Å². The lowest BCUT2D eigenvalue weighted by atomic mass is 9.85. The number of hydrogen-bond acceptors (Lipinski definition) is 2. The van der Waals surface area contributed by atoms with E-state index in [2.05, 4.69) is 45.0 Å². The molecule has 1 aromatic rings. The van der Waals surface area contributed by atoms with Crippen molar-refractivity contribution in [3.05, 3.63) is 35.9 Å². The summed E-state index contributed by atoms with van der Waals surface area (Å²) in [5.41, 5.74) is 7.41.